The number of para-hydroxylation sites is 1. The van der Waals surface area contributed by atoms with E-state index < -0.39 is 0 Å². The number of anilines is 2. The molecule has 1 heterocycles. The van der Waals surface area contributed by atoms with Crippen molar-refractivity contribution in [1.29, 1.82) is 0 Å². The maximum absolute atomic E-state index is 13.3. The van der Waals surface area contributed by atoms with E-state index in [1.807, 2.05) is 49.2 Å². The molecule has 0 saturated heterocycles. The standard InChI is InChI=1S/C26H27N3O2/c1-18-9-11-19(12-10-18)25(30)28-21-15-13-20(14-16-21)26(31)29-17-5-7-23(27-2)22-6-3-4-8-24(22)29/h3-4,6,8-16,23,27H,5,7,17H2,1-2H3,(H,28,30). The monoisotopic (exact) mass is 413 g/mol. The maximum atomic E-state index is 13.3. The summed E-state index contributed by atoms with van der Waals surface area (Å²) in [5.74, 6) is -0.195. The second kappa shape index (κ2) is 9.14. The Morgan fingerprint density at radius 1 is 0.903 bits per heavy atom. The maximum Gasteiger partial charge on any atom is 0.258 e. The molecule has 3 aromatic rings. The van der Waals surface area contributed by atoms with Gasteiger partial charge in [-0.25, -0.2) is 0 Å². The number of rotatable bonds is 4. The van der Waals surface area contributed by atoms with Gasteiger partial charge in [0, 0.05) is 35.1 Å². The fourth-order valence-electron chi connectivity index (χ4n) is 4.03. The van der Waals surface area contributed by atoms with E-state index in [9.17, 15) is 9.59 Å². The highest BCUT2D eigenvalue weighted by molar-refractivity contribution is 6.07. The molecule has 0 radical (unpaired) electrons. The van der Waals surface area contributed by atoms with Crippen LogP contribution in [0.25, 0.3) is 0 Å². The minimum Gasteiger partial charge on any atom is -0.322 e. The molecule has 0 bridgehead atoms. The first kappa shape index (κ1) is 20.8. The molecule has 1 aliphatic rings. The Kier molecular flexibility index (Phi) is 6.14. The van der Waals surface area contributed by atoms with Crippen molar-refractivity contribution in [2.75, 3.05) is 23.8 Å². The second-order valence-electron chi connectivity index (χ2n) is 7.90. The summed E-state index contributed by atoms with van der Waals surface area (Å²) in [5, 5.41) is 6.25. The summed E-state index contributed by atoms with van der Waals surface area (Å²) in [6.45, 7) is 2.67. The van der Waals surface area contributed by atoms with Gasteiger partial charge >= 0.3 is 0 Å². The molecule has 2 N–H and O–H groups in total. The number of amides is 2. The quantitative estimate of drug-likeness (QED) is 0.636. The highest BCUT2D eigenvalue weighted by Crippen LogP contribution is 2.33. The largest absolute Gasteiger partial charge is 0.322 e. The van der Waals surface area contributed by atoms with Gasteiger partial charge in [-0.1, -0.05) is 35.9 Å². The van der Waals surface area contributed by atoms with Crippen molar-refractivity contribution >= 4 is 23.2 Å². The van der Waals surface area contributed by atoms with E-state index >= 15 is 0 Å². The fourth-order valence-corrected chi connectivity index (χ4v) is 4.03. The lowest BCUT2D eigenvalue weighted by molar-refractivity contribution is 0.0985. The van der Waals surface area contributed by atoms with E-state index in [2.05, 4.69) is 16.7 Å². The number of fused-ring (bicyclic) bond motifs is 1. The third-order valence-corrected chi connectivity index (χ3v) is 5.77. The van der Waals surface area contributed by atoms with E-state index in [-0.39, 0.29) is 17.9 Å². The Morgan fingerprint density at radius 2 is 1.58 bits per heavy atom. The van der Waals surface area contributed by atoms with Gasteiger partial charge in [-0.3, -0.25) is 9.59 Å². The summed E-state index contributed by atoms with van der Waals surface area (Å²) < 4.78 is 0. The van der Waals surface area contributed by atoms with Crippen molar-refractivity contribution < 1.29 is 9.59 Å². The van der Waals surface area contributed by atoms with Gasteiger partial charge in [0.15, 0.2) is 0 Å². The molecular formula is C26H27N3O2. The molecule has 0 fully saturated rings. The molecule has 0 saturated carbocycles. The van der Waals surface area contributed by atoms with Gasteiger partial charge in [0.25, 0.3) is 11.8 Å². The minimum absolute atomic E-state index is 0.0272. The Labute approximate surface area is 183 Å². The first-order valence-corrected chi connectivity index (χ1v) is 10.6. The van der Waals surface area contributed by atoms with E-state index in [4.69, 9.17) is 0 Å². The molecule has 1 aliphatic heterocycles. The van der Waals surface area contributed by atoms with Crippen LogP contribution < -0.4 is 15.5 Å². The highest BCUT2D eigenvalue weighted by Gasteiger charge is 2.26. The molecule has 31 heavy (non-hydrogen) atoms. The van der Waals surface area contributed by atoms with Crippen molar-refractivity contribution in [3.8, 4) is 0 Å². The topological polar surface area (TPSA) is 61.4 Å². The zero-order valence-corrected chi connectivity index (χ0v) is 17.9. The summed E-state index contributed by atoms with van der Waals surface area (Å²) >= 11 is 0. The van der Waals surface area contributed by atoms with Crippen molar-refractivity contribution in [3.63, 3.8) is 0 Å². The van der Waals surface area contributed by atoms with Crippen LogP contribution in [-0.4, -0.2) is 25.4 Å². The molecule has 0 spiro atoms. The number of nitrogens with zero attached hydrogens (tertiary/aromatic N) is 1. The average Bonchev–Trinajstić information content (AvgIpc) is 2.99. The number of hydrogen-bond acceptors (Lipinski definition) is 3. The number of aryl methyl sites for hydroxylation is 1. The first-order valence-electron chi connectivity index (χ1n) is 10.6. The molecule has 5 nitrogen and oxygen atoms in total. The zero-order valence-electron chi connectivity index (χ0n) is 17.9. The minimum atomic E-state index is -0.168. The SMILES string of the molecule is CNC1CCCN(C(=O)c2ccc(NC(=O)c3ccc(C)cc3)cc2)c2ccccc21. The van der Waals surface area contributed by atoms with E-state index in [1.165, 1.54) is 0 Å². The van der Waals surface area contributed by atoms with Crippen molar-refractivity contribution in [3.05, 3.63) is 95.1 Å². The molecule has 0 aliphatic carbocycles. The van der Waals surface area contributed by atoms with Crippen molar-refractivity contribution in [2.24, 2.45) is 0 Å². The van der Waals surface area contributed by atoms with Crippen LogP contribution in [-0.2, 0) is 0 Å². The van der Waals surface area contributed by atoms with Crippen molar-refractivity contribution in [1.82, 2.24) is 5.32 Å². The van der Waals surface area contributed by atoms with Crippen LogP contribution in [0.15, 0.2) is 72.8 Å². The summed E-state index contributed by atoms with van der Waals surface area (Å²) in [4.78, 5) is 27.6. The lowest BCUT2D eigenvalue weighted by atomic mass is 10.0. The van der Waals surface area contributed by atoms with E-state index in [0.717, 1.165) is 29.7 Å². The third kappa shape index (κ3) is 4.52. The van der Waals surface area contributed by atoms with Gasteiger partial charge < -0.3 is 15.5 Å². The number of carbonyl (C=O) groups is 2. The molecule has 4 rings (SSSR count). The predicted molar refractivity (Wildman–Crippen MR) is 125 cm³/mol. The highest BCUT2D eigenvalue weighted by atomic mass is 16.2. The molecule has 2 amide bonds. The molecule has 3 aromatic carbocycles. The van der Waals surface area contributed by atoms with Gasteiger partial charge in [-0.15, -0.1) is 0 Å². The number of nitrogens with one attached hydrogen (secondary N) is 2. The fraction of sp³-hybridized carbons (Fsp3) is 0.231. The molecule has 5 heteroatoms. The lowest BCUT2D eigenvalue weighted by Gasteiger charge is -2.24. The van der Waals surface area contributed by atoms with Gasteiger partial charge in [0.05, 0.1) is 0 Å². The van der Waals surface area contributed by atoms with Crippen LogP contribution >= 0.6 is 0 Å². The second-order valence-corrected chi connectivity index (χ2v) is 7.90. The van der Waals surface area contributed by atoms with E-state index in [0.29, 0.717) is 23.4 Å². The van der Waals surface area contributed by atoms with Crippen LogP contribution in [0.2, 0.25) is 0 Å². The third-order valence-electron chi connectivity index (χ3n) is 5.77. The molecule has 1 atom stereocenters. The summed E-state index contributed by atoms with van der Waals surface area (Å²) in [6.07, 6.45) is 1.91. The molecular weight excluding hydrogens is 386 g/mol. The van der Waals surface area contributed by atoms with Crippen LogP contribution in [0.4, 0.5) is 11.4 Å². The van der Waals surface area contributed by atoms with Crippen LogP contribution in [0.5, 0.6) is 0 Å². The smallest absolute Gasteiger partial charge is 0.258 e. The Morgan fingerprint density at radius 3 is 2.29 bits per heavy atom. The van der Waals surface area contributed by atoms with Gasteiger partial charge in [-0.05, 0) is 74.8 Å². The first-order chi connectivity index (χ1) is 15.1. The Hall–Kier alpha value is -3.44. The van der Waals surface area contributed by atoms with E-state index in [1.54, 1.807) is 36.4 Å². The summed E-state index contributed by atoms with van der Waals surface area (Å²) in [5.41, 5.74) is 5.08. The van der Waals surface area contributed by atoms with Gasteiger partial charge in [-0.2, -0.15) is 0 Å². The van der Waals surface area contributed by atoms with Crippen LogP contribution in [0.1, 0.15) is 50.7 Å². The average molecular weight is 414 g/mol. The molecule has 158 valence electrons. The van der Waals surface area contributed by atoms with Crippen LogP contribution in [0.3, 0.4) is 0 Å². The number of carbonyl (C=O) groups excluding carboxylic acids is 2. The molecule has 1 unspecified atom stereocenters. The zero-order chi connectivity index (χ0) is 21.8. The van der Waals surface area contributed by atoms with Crippen LogP contribution in [0, 0.1) is 6.92 Å². The summed E-state index contributed by atoms with van der Waals surface area (Å²) in [7, 11) is 1.96. The summed E-state index contributed by atoms with van der Waals surface area (Å²) in [6, 6.07) is 22.9. The van der Waals surface area contributed by atoms with Gasteiger partial charge in [0.1, 0.15) is 0 Å². The predicted octanol–water partition coefficient (Wildman–Crippen LogP) is 4.95. The Bertz CT molecular complexity index is 1070. The van der Waals surface area contributed by atoms with Gasteiger partial charge in [0.2, 0.25) is 0 Å². The Balaban J connectivity index is 1.52. The lowest BCUT2D eigenvalue weighted by Crippen LogP contribution is -2.31. The number of benzene rings is 3. The normalized spacial score (nSPS) is 15.7. The van der Waals surface area contributed by atoms with Crippen molar-refractivity contribution in [2.45, 2.75) is 25.8 Å². The molecule has 0 aromatic heterocycles. The number of hydrogen-bond donors (Lipinski definition) is 2.